The van der Waals surface area contributed by atoms with Crippen LogP contribution in [-0.2, 0) is 4.74 Å². The van der Waals surface area contributed by atoms with Crippen molar-refractivity contribution in [3.05, 3.63) is 59.7 Å². The lowest BCUT2D eigenvalue weighted by atomic mass is 10.1. The molecule has 4 heteroatoms. The van der Waals surface area contributed by atoms with E-state index in [1.165, 1.54) is 0 Å². The zero-order valence-electron chi connectivity index (χ0n) is 14.2. The van der Waals surface area contributed by atoms with Gasteiger partial charge in [-0.3, -0.25) is 0 Å². The number of hydrogen-bond donors (Lipinski definition) is 0. The van der Waals surface area contributed by atoms with Crippen molar-refractivity contribution in [1.29, 1.82) is 0 Å². The second-order valence-corrected chi connectivity index (χ2v) is 5.00. The average molecular weight is 326 g/mol. The highest BCUT2D eigenvalue weighted by Gasteiger charge is 2.08. The van der Waals surface area contributed by atoms with Crippen LogP contribution in [-0.4, -0.2) is 28.1 Å². The maximum absolute atomic E-state index is 5.41. The minimum atomic E-state index is 0.241. The van der Waals surface area contributed by atoms with Gasteiger partial charge in [-0.05, 0) is 35.4 Å². The highest BCUT2D eigenvalue weighted by Crippen LogP contribution is 2.32. The highest BCUT2D eigenvalue weighted by atomic mass is 16.7. The number of methoxy groups -OCH3 is 3. The largest absolute Gasteiger partial charge is 0.496 e. The van der Waals surface area contributed by atoms with Gasteiger partial charge in [0, 0.05) is 7.11 Å². The Kier molecular flexibility index (Phi) is 6.46. The summed E-state index contributed by atoms with van der Waals surface area (Å²) in [5.74, 6) is 2.23. The molecule has 0 unspecified atom stereocenters. The van der Waals surface area contributed by atoms with Crippen LogP contribution in [0.15, 0.2) is 43.0 Å². The van der Waals surface area contributed by atoms with Crippen molar-refractivity contribution in [2.45, 2.75) is 0 Å². The molecule has 0 atom stereocenters. The zero-order valence-corrected chi connectivity index (χ0v) is 14.2. The van der Waals surface area contributed by atoms with Crippen molar-refractivity contribution in [1.82, 2.24) is 0 Å². The molecule has 0 N–H and O–H groups in total. The van der Waals surface area contributed by atoms with E-state index >= 15 is 0 Å². The van der Waals surface area contributed by atoms with Gasteiger partial charge in [-0.15, -0.1) is 0 Å². The maximum Gasteiger partial charge on any atom is 0.188 e. The Morgan fingerprint density at radius 3 is 1.96 bits per heavy atom. The lowest BCUT2D eigenvalue weighted by Gasteiger charge is -2.11. The van der Waals surface area contributed by atoms with Gasteiger partial charge in [0.15, 0.2) is 6.79 Å². The molecule has 0 heterocycles. The molecule has 0 aliphatic carbocycles. The van der Waals surface area contributed by atoms with E-state index in [1.807, 2.05) is 48.6 Å². The van der Waals surface area contributed by atoms with Crippen molar-refractivity contribution in [3.8, 4) is 17.2 Å². The Morgan fingerprint density at radius 2 is 1.46 bits per heavy atom. The molecular formula is C20H22O4. The summed E-state index contributed by atoms with van der Waals surface area (Å²) in [5, 5.41) is 0. The first kappa shape index (κ1) is 17.6. The predicted molar refractivity (Wildman–Crippen MR) is 97.5 cm³/mol. The van der Waals surface area contributed by atoms with Gasteiger partial charge in [0.25, 0.3) is 0 Å². The monoisotopic (exact) mass is 326 g/mol. The molecule has 0 aliphatic rings. The van der Waals surface area contributed by atoms with Gasteiger partial charge >= 0.3 is 0 Å². The summed E-state index contributed by atoms with van der Waals surface area (Å²) in [4.78, 5) is 0. The van der Waals surface area contributed by atoms with Gasteiger partial charge < -0.3 is 18.9 Å². The van der Waals surface area contributed by atoms with Gasteiger partial charge in [0.2, 0.25) is 0 Å². The molecular weight excluding hydrogens is 304 g/mol. The Balaban J connectivity index is 2.20. The molecule has 0 fully saturated rings. The van der Waals surface area contributed by atoms with E-state index in [0.717, 1.165) is 33.9 Å². The number of hydrogen-bond acceptors (Lipinski definition) is 4. The Hall–Kier alpha value is -2.72. The van der Waals surface area contributed by atoms with Crippen LogP contribution in [0.5, 0.6) is 17.2 Å². The van der Waals surface area contributed by atoms with Gasteiger partial charge in [0.05, 0.1) is 19.8 Å². The fourth-order valence-corrected chi connectivity index (χ4v) is 2.25. The van der Waals surface area contributed by atoms with Gasteiger partial charge in [-0.25, -0.2) is 0 Å². The third kappa shape index (κ3) is 4.40. The summed E-state index contributed by atoms with van der Waals surface area (Å²) < 4.78 is 21.1. The molecule has 0 spiro atoms. The summed E-state index contributed by atoms with van der Waals surface area (Å²) >= 11 is 0. The van der Waals surface area contributed by atoms with Crippen LogP contribution in [0.2, 0.25) is 0 Å². The van der Waals surface area contributed by atoms with Gasteiger partial charge in [-0.2, -0.15) is 0 Å². The summed E-state index contributed by atoms with van der Waals surface area (Å²) in [6, 6.07) is 11.7. The fourth-order valence-electron chi connectivity index (χ4n) is 2.25. The summed E-state index contributed by atoms with van der Waals surface area (Å²) in [7, 11) is 4.86. The van der Waals surface area contributed by atoms with Gasteiger partial charge in [-0.1, -0.05) is 36.9 Å². The van der Waals surface area contributed by atoms with Crippen molar-refractivity contribution < 1.29 is 18.9 Å². The highest BCUT2D eigenvalue weighted by molar-refractivity contribution is 5.74. The Labute approximate surface area is 142 Å². The standard InChI is InChI=1S/C20H22O4/c1-5-18-19(22-3)12-16(13-20(18)23-4)7-6-15-8-10-17(11-9-15)24-14-21-2/h5-13H,1,14H2,2-4H3/b7-6+. The SMILES string of the molecule is C=Cc1c(OC)cc(/C=C/c2ccc(OCOC)cc2)cc1OC. The molecule has 24 heavy (non-hydrogen) atoms. The molecule has 2 aromatic carbocycles. The van der Waals surface area contributed by atoms with Crippen molar-refractivity contribution in [3.63, 3.8) is 0 Å². The molecule has 126 valence electrons. The molecule has 0 saturated carbocycles. The van der Waals surface area contributed by atoms with E-state index in [-0.39, 0.29) is 6.79 Å². The van der Waals surface area contributed by atoms with E-state index in [0.29, 0.717) is 0 Å². The molecule has 0 aliphatic heterocycles. The molecule has 2 rings (SSSR count). The van der Waals surface area contributed by atoms with Gasteiger partial charge in [0.1, 0.15) is 17.2 Å². The van der Waals surface area contributed by atoms with E-state index in [2.05, 4.69) is 6.58 Å². The third-order valence-electron chi connectivity index (χ3n) is 3.46. The van der Waals surface area contributed by atoms with Crippen LogP contribution < -0.4 is 14.2 Å². The average Bonchev–Trinajstić information content (AvgIpc) is 2.64. The van der Waals surface area contributed by atoms with E-state index < -0.39 is 0 Å². The van der Waals surface area contributed by atoms with Crippen LogP contribution >= 0.6 is 0 Å². The number of rotatable bonds is 8. The molecule has 0 radical (unpaired) electrons. The first-order valence-corrected chi connectivity index (χ1v) is 7.50. The third-order valence-corrected chi connectivity index (χ3v) is 3.46. The van der Waals surface area contributed by atoms with Crippen molar-refractivity contribution in [2.75, 3.05) is 28.1 Å². The predicted octanol–water partition coefficient (Wildman–Crippen LogP) is 4.50. The number of benzene rings is 2. The zero-order chi connectivity index (χ0) is 17.4. The van der Waals surface area contributed by atoms with Crippen LogP contribution in [0, 0.1) is 0 Å². The van der Waals surface area contributed by atoms with Crippen LogP contribution in [0.25, 0.3) is 18.2 Å². The lowest BCUT2D eigenvalue weighted by molar-refractivity contribution is 0.0511. The molecule has 0 aromatic heterocycles. The quantitative estimate of drug-likeness (QED) is 0.529. The maximum atomic E-state index is 5.41. The summed E-state index contributed by atoms with van der Waals surface area (Å²) in [6.07, 6.45) is 5.74. The summed E-state index contributed by atoms with van der Waals surface area (Å²) in [5.41, 5.74) is 2.89. The summed E-state index contributed by atoms with van der Waals surface area (Å²) in [6.45, 7) is 4.04. The van der Waals surface area contributed by atoms with Crippen LogP contribution in [0.1, 0.15) is 16.7 Å². The first-order valence-electron chi connectivity index (χ1n) is 7.50. The van der Waals surface area contributed by atoms with Crippen LogP contribution in [0.3, 0.4) is 0 Å². The first-order chi connectivity index (χ1) is 11.7. The van der Waals surface area contributed by atoms with E-state index in [1.54, 1.807) is 27.4 Å². The van der Waals surface area contributed by atoms with E-state index in [9.17, 15) is 0 Å². The minimum Gasteiger partial charge on any atom is -0.496 e. The molecule has 0 amide bonds. The van der Waals surface area contributed by atoms with Crippen molar-refractivity contribution in [2.24, 2.45) is 0 Å². The number of ether oxygens (including phenoxy) is 4. The molecule has 0 saturated heterocycles. The van der Waals surface area contributed by atoms with E-state index in [4.69, 9.17) is 18.9 Å². The Morgan fingerprint density at radius 1 is 0.875 bits per heavy atom. The Bertz CT molecular complexity index is 677. The topological polar surface area (TPSA) is 36.9 Å². The fraction of sp³-hybridized carbons (Fsp3) is 0.200. The molecule has 2 aromatic rings. The smallest absolute Gasteiger partial charge is 0.188 e. The van der Waals surface area contributed by atoms with Crippen molar-refractivity contribution >= 4 is 18.2 Å². The minimum absolute atomic E-state index is 0.241. The second kappa shape index (κ2) is 8.79. The molecule has 0 bridgehead atoms. The lowest BCUT2D eigenvalue weighted by Crippen LogP contribution is -1.98. The molecule has 4 nitrogen and oxygen atoms in total. The normalized spacial score (nSPS) is 10.6. The van der Waals surface area contributed by atoms with Crippen LogP contribution in [0.4, 0.5) is 0 Å². The second-order valence-electron chi connectivity index (χ2n) is 5.00.